The van der Waals surface area contributed by atoms with E-state index in [9.17, 15) is 9.59 Å². The van der Waals surface area contributed by atoms with Crippen LogP contribution in [0.4, 0.5) is 0 Å². The van der Waals surface area contributed by atoms with Gasteiger partial charge in [0.05, 0.1) is 6.54 Å². The highest BCUT2D eigenvalue weighted by molar-refractivity contribution is 6.04. The third-order valence-electron chi connectivity index (χ3n) is 3.31. The lowest BCUT2D eigenvalue weighted by Crippen LogP contribution is -2.40. The smallest absolute Gasteiger partial charge is 0.233 e. The van der Waals surface area contributed by atoms with Gasteiger partial charge in [0.15, 0.2) is 0 Å². The highest BCUT2D eigenvalue weighted by atomic mass is 16.2. The van der Waals surface area contributed by atoms with Crippen molar-refractivity contribution in [2.45, 2.75) is 40.2 Å². The van der Waals surface area contributed by atoms with Gasteiger partial charge in [-0.05, 0) is 26.3 Å². The first-order valence-corrected chi connectivity index (χ1v) is 6.40. The zero-order chi connectivity index (χ0) is 14.1. The Morgan fingerprint density at radius 3 is 2.06 bits per heavy atom. The second-order valence-electron chi connectivity index (χ2n) is 6.19. The van der Waals surface area contributed by atoms with Crippen molar-refractivity contribution >= 4 is 11.8 Å². The largest absolute Gasteiger partial charge is 0.308 e. The molecule has 1 rings (SSSR count). The average molecular weight is 252 g/mol. The molecule has 0 saturated carbocycles. The summed E-state index contributed by atoms with van der Waals surface area (Å²) in [6.45, 7) is 14.7. The third kappa shape index (κ3) is 3.42. The number of nitrogens with one attached hydrogen (secondary N) is 1. The van der Waals surface area contributed by atoms with Crippen LogP contribution in [0.3, 0.4) is 0 Å². The molecule has 0 radical (unpaired) electrons. The van der Waals surface area contributed by atoms with Crippen LogP contribution in [0.1, 0.15) is 34.6 Å². The number of hydrogen-bond donors (Lipinski definition) is 1. The van der Waals surface area contributed by atoms with Crippen LogP contribution in [-0.4, -0.2) is 35.3 Å². The molecule has 0 aromatic rings. The third-order valence-corrected chi connectivity index (χ3v) is 3.31. The summed E-state index contributed by atoms with van der Waals surface area (Å²) < 4.78 is 0. The average Bonchev–Trinajstić information content (AvgIpc) is 2.43. The molecule has 1 N–H and O–H groups in total. The first-order chi connectivity index (χ1) is 8.13. The van der Waals surface area contributed by atoms with E-state index in [1.807, 2.05) is 0 Å². The first kappa shape index (κ1) is 14.9. The lowest BCUT2D eigenvalue weighted by atomic mass is 10.00. The van der Waals surface area contributed by atoms with Crippen LogP contribution >= 0.6 is 0 Å². The second-order valence-corrected chi connectivity index (χ2v) is 6.19. The van der Waals surface area contributed by atoms with Crippen molar-refractivity contribution in [3.8, 4) is 0 Å². The van der Waals surface area contributed by atoms with Crippen molar-refractivity contribution in [3.05, 3.63) is 12.2 Å². The Labute approximate surface area is 109 Å². The minimum absolute atomic E-state index is 0.00253. The van der Waals surface area contributed by atoms with Crippen LogP contribution in [0.5, 0.6) is 0 Å². The van der Waals surface area contributed by atoms with Crippen molar-refractivity contribution < 1.29 is 9.59 Å². The molecular formula is C14H24N2O2. The van der Waals surface area contributed by atoms with Gasteiger partial charge in [-0.1, -0.05) is 20.4 Å². The molecule has 2 amide bonds. The number of nitrogens with zero attached hydrogens (tertiary/aromatic N) is 1. The Hall–Kier alpha value is -1.16. The lowest BCUT2D eigenvalue weighted by Gasteiger charge is -2.23. The molecule has 1 aliphatic rings. The van der Waals surface area contributed by atoms with Gasteiger partial charge in [0, 0.05) is 23.9 Å². The number of imide groups is 1. The molecule has 1 saturated heterocycles. The monoisotopic (exact) mass is 252 g/mol. The maximum Gasteiger partial charge on any atom is 0.233 e. The normalized spacial score (nSPS) is 24.8. The summed E-state index contributed by atoms with van der Waals surface area (Å²) in [6, 6.07) is 0. The van der Waals surface area contributed by atoms with E-state index in [2.05, 4.69) is 32.7 Å². The molecular weight excluding hydrogens is 228 g/mol. The maximum absolute atomic E-state index is 11.9. The Bertz CT molecular complexity index is 348. The lowest BCUT2D eigenvalue weighted by molar-refractivity contribution is -0.139. The SMILES string of the molecule is C=C(CNC(C)(C)C)CN1C(=O)C(C)C(C)C1=O. The van der Waals surface area contributed by atoms with Crippen LogP contribution in [0.15, 0.2) is 12.2 Å². The van der Waals surface area contributed by atoms with Gasteiger partial charge in [0.1, 0.15) is 0 Å². The van der Waals surface area contributed by atoms with Crippen LogP contribution < -0.4 is 5.32 Å². The Kier molecular flexibility index (Phi) is 4.32. The van der Waals surface area contributed by atoms with E-state index in [-0.39, 0.29) is 29.2 Å². The second kappa shape index (κ2) is 5.22. The minimum atomic E-state index is -0.208. The van der Waals surface area contributed by atoms with Gasteiger partial charge < -0.3 is 5.32 Å². The van der Waals surface area contributed by atoms with Crippen molar-refractivity contribution in [2.24, 2.45) is 11.8 Å². The van der Waals surface area contributed by atoms with E-state index in [0.29, 0.717) is 13.1 Å². The standard InChI is InChI=1S/C14H24N2O2/c1-9(7-15-14(4,5)6)8-16-12(17)10(2)11(3)13(16)18/h10-11,15H,1,7-8H2,2-6H3. The van der Waals surface area contributed by atoms with E-state index in [0.717, 1.165) is 5.57 Å². The van der Waals surface area contributed by atoms with Gasteiger partial charge in [-0.2, -0.15) is 0 Å². The molecule has 0 bridgehead atoms. The predicted molar refractivity (Wildman–Crippen MR) is 71.9 cm³/mol. The van der Waals surface area contributed by atoms with E-state index in [1.54, 1.807) is 13.8 Å². The van der Waals surface area contributed by atoms with E-state index >= 15 is 0 Å². The van der Waals surface area contributed by atoms with Gasteiger partial charge in [0.25, 0.3) is 0 Å². The van der Waals surface area contributed by atoms with E-state index < -0.39 is 0 Å². The molecule has 1 aliphatic heterocycles. The van der Waals surface area contributed by atoms with Crippen LogP contribution in [0, 0.1) is 11.8 Å². The zero-order valence-electron chi connectivity index (χ0n) is 12.0. The first-order valence-electron chi connectivity index (χ1n) is 6.40. The van der Waals surface area contributed by atoms with Crippen molar-refractivity contribution in [3.63, 3.8) is 0 Å². The van der Waals surface area contributed by atoms with Gasteiger partial charge in [0.2, 0.25) is 11.8 Å². The summed E-state index contributed by atoms with van der Waals surface area (Å²) in [7, 11) is 0. The van der Waals surface area contributed by atoms with Crippen molar-refractivity contribution in [1.82, 2.24) is 10.2 Å². The molecule has 2 unspecified atom stereocenters. The summed E-state index contributed by atoms with van der Waals surface area (Å²) >= 11 is 0. The van der Waals surface area contributed by atoms with Crippen molar-refractivity contribution in [2.75, 3.05) is 13.1 Å². The fourth-order valence-electron chi connectivity index (χ4n) is 1.85. The van der Waals surface area contributed by atoms with Gasteiger partial charge >= 0.3 is 0 Å². The molecule has 4 nitrogen and oxygen atoms in total. The number of likely N-dealkylation sites (tertiary alicyclic amines) is 1. The molecule has 0 aliphatic carbocycles. The van der Waals surface area contributed by atoms with Crippen LogP contribution in [0.25, 0.3) is 0 Å². The summed E-state index contributed by atoms with van der Waals surface area (Å²) in [5.41, 5.74) is 0.857. The molecule has 1 fully saturated rings. The van der Waals surface area contributed by atoms with Crippen LogP contribution in [0.2, 0.25) is 0 Å². The Balaban J connectivity index is 2.55. The number of amides is 2. The molecule has 0 spiro atoms. The number of rotatable bonds is 4. The van der Waals surface area contributed by atoms with Crippen molar-refractivity contribution in [1.29, 1.82) is 0 Å². The molecule has 2 atom stereocenters. The molecule has 0 aromatic heterocycles. The Morgan fingerprint density at radius 2 is 1.67 bits per heavy atom. The van der Waals surface area contributed by atoms with Gasteiger partial charge in [-0.3, -0.25) is 14.5 Å². The minimum Gasteiger partial charge on any atom is -0.308 e. The fraction of sp³-hybridized carbons (Fsp3) is 0.714. The fourth-order valence-corrected chi connectivity index (χ4v) is 1.85. The predicted octanol–water partition coefficient (Wildman–Crippen LogP) is 1.57. The highest BCUT2D eigenvalue weighted by Crippen LogP contribution is 2.25. The van der Waals surface area contributed by atoms with E-state index in [4.69, 9.17) is 0 Å². The molecule has 102 valence electrons. The molecule has 0 aromatic carbocycles. The van der Waals surface area contributed by atoms with Gasteiger partial charge in [-0.15, -0.1) is 0 Å². The molecule has 1 heterocycles. The summed E-state index contributed by atoms with van der Waals surface area (Å²) in [6.07, 6.45) is 0. The van der Waals surface area contributed by atoms with Gasteiger partial charge in [-0.25, -0.2) is 0 Å². The van der Waals surface area contributed by atoms with Crippen LogP contribution in [-0.2, 0) is 9.59 Å². The Morgan fingerprint density at radius 1 is 1.22 bits per heavy atom. The molecule has 18 heavy (non-hydrogen) atoms. The summed E-state index contributed by atoms with van der Waals surface area (Å²) in [4.78, 5) is 25.1. The topological polar surface area (TPSA) is 49.4 Å². The van der Waals surface area contributed by atoms with E-state index in [1.165, 1.54) is 4.90 Å². The summed E-state index contributed by atoms with van der Waals surface area (Å²) in [5, 5.41) is 3.30. The quantitative estimate of drug-likeness (QED) is 0.610. The number of hydrogen-bond acceptors (Lipinski definition) is 3. The summed E-state index contributed by atoms with van der Waals surface area (Å²) in [5.74, 6) is -0.574. The number of carbonyl (C=O) groups excluding carboxylic acids is 2. The highest BCUT2D eigenvalue weighted by Gasteiger charge is 2.42. The molecule has 4 heteroatoms. The zero-order valence-corrected chi connectivity index (χ0v) is 12.0. The maximum atomic E-state index is 11.9. The number of carbonyl (C=O) groups is 2.